The first kappa shape index (κ1) is 21.6. The van der Waals surface area contributed by atoms with Crippen molar-refractivity contribution < 1.29 is 9.53 Å². The highest BCUT2D eigenvalue weighted by atomic mass is 16.5. The van der Waals surface area contributed by atoms with E-state index < -0.39 is 0 Å². The van der Waals surface area contributed by atoms with Gasteiger partial charge in [0.1, 0.15) is 23.6 Å². The molecule has 1 fully saturated rings. The summed E-state index contributed by atoms with van der Waals surface area (Å²) in [7, 11) is 0. The van der Waals surface area contributed by atoms with Crippen LogP contribution in [0.15, 0.2) is 61.6 Å². The number of hydrogen-bond acceptors (Lipinski definition) is 7. The van der Waals surface area contributed by atoms with Crippen LogP contribution in [0.3, 0.4) is 0 Å². The van der Waals surface area contributed by atoms with Crippen LogP contribution in [0.4, 0.5) is 5.82 Å². The first-order valence-electron chi connectivity index (χ1n) is 11.1. The number of nitrogen functional groups attached to an aromatic ring is 1. The molecule has 1 atom stereocenters. The second-order valence-electron chi connectivity index (χ2n) is 8.29. The number of piperidine rings is 1. The van der Waals surface area contributed by atoms with Gasteiger partial charge in [-0.05, 0) is 43.5 Å². The maximum atomic E-state index is 12.2. The molecule has 1 aliphatic rings. The number of aromatic nitrogens is 5. The number of carbonyl (C=O) groups is 1. The number of likely N-dealkylation sites (tertiary alicyclic amines) is 1. The van der Waals surface area contributed by atoms with Gasteiger partial charge in [-0.1, -0.05) is 24.8 Å². The minimum Gasteiger partial charge on any atom is -0.439 e. The Balaban J connectivity index is 1.54. The Morgan fingerprint density at radius 2 is 2.06 bits per heavy atom. The van der Waals surface area contributed by atoms with Crippen molar-refractivity contribution in [3.63, 3.8) is 0 Å². The molecule has 0 radical (unpaired) electrons. The van der Waals surface area contributed by atoms with Crippen LogP contribution in [-0.4, -0.2) is 48.6 Å². The lowest BCUT2D eigenvalue weighted by atomic mass is 10.1. The van der Waals surface area contributed by atoms with Crippen molar-refractivity contribution in [3.8, 4) is 22.9 Å². The highest BCUT2D eigenvalue weighted by molar-refractivity contribution is 5.98. The van der Waals surface area contributed by atoms with Crippen LogP contribution >= 0.6 is 0 Å². The molecular weight excluding hydrogens is 430 g/mol. The Bertz CT molecular complexity index is 1370. The number of anilines is 1. The standard InChI is InChI=1S/C25H25N7O2/c1-3-21(33)31-11-7-8-17(14-31)32-25-22(24(26)28-15-29-25)23(30-32)19-13-27-20(12-16(19)2)34-18-9-5-4-6-10-18/h3-6,9-10,12-13,15,17H,1,7-8,11,14H2,2H3,(H2,26,28,29)/t17-/m1/s1. The average molecular weight is 456 g/mol. The van der Waals surface area contributed by atoms with Gasteiger partial charge in [-0.2, -0.15) is 5.10 Å². The van der Waals surface area contributed by atoms with Gasteiger partial charge < -0.3 is 15.4 Å². The second kappa shape index (κ2) is 8.93. The summed E-state index contributed by atoms with van der Waals surface area (Å²) in [6.45, 7) is 6.83. The molecule has 1 aromatic carbocycles. The fourth-order valence-corrected chi connectivity index (χ4v) is 4.37. The van der Waals surface area contributed by atoms with Gasteiger partial charge >= 0.3 is 0 Å². The van der Waals surface area contributed by atoms with E-state index in [4.69, 9.17) is 15.6 Å². The largest absolute Gasteiger partial charge is 0.439 e. The van der Waals surface area contributed by atoms with Gasteiger partial charge in [0.05, 0.1) is 11.4 Å². The van der Waals surface area contributed by atoms with Crippen molar-refractivity contribution in [1.82, 2.24) is 29.6 Å². The number of carbonyl (C=O) groups excluding carboxylic acids is 1. The van der Waals surface area contributed by atoms with E-state index in [1.807, 2.05) is 48.0 Å². The van der Waals surface area contributed by atoms with Crippen LogP contribution in [0.5, 0.6) is 11.6 Å². The summed E-state index contributed by atoms with van der Waals surface area (Å²) in [6, 6.07) is 11.3. The molecule has 3 aromatic heterocycles. The quantitative estimate of drug-likeness (QED) is 0.454. The van der Waals surface area contributed by atoms with Crippen LogP contribution in [0.25, 0.3) is 22.3 Å². The summed E-state index contributed by atoms with van der Waals surface area (Å²) in [5.41, 5.74) is 9.35. The monoisotopic (exact) mass is 455 g/mol. The maximum Gasteiger partial charge on any atom is 0.246 e. The van der Waals surface area contributed by atoms with E-state index in [2.05, 4.69) is 21.5 Å². The minimum absolute atomic E-state index is 0.0304. The molecule has 1 amide bonds. The van der Waals surface area contributed by atoms with Crippen molar-refractivity contribution in [3.05, 3.63) is 67.1 Å². The molecule has 5 rings (SSSR count). The summed E-state index contributed by atoms with van der Waals surface area (Å²) in [5, 5.41) is 5.60. The highest BCUT2D eigenvalue weighted by Crippen LogP contribution is 2.35. The molecule has 9 heteroatoms. The van der Waals surface area contributed by atoms with Crippen molar-refractivity contribution in [1.29, 1.82) is 0 Å². The van der Waals surface area contributed by atoms with Gasteiger partial charge in [-0.3, -0.25) is 4.79 Å². The van der Waals surface area contributed by atoms with Gasteiger partial charge in [0, 0.05) is 30.9 Å². The second-order valence-corrected chi connectivity index (χ2v) is 8.29. The number of nitrogens with zero attached hydrogens (tertiary/aromatic N) is 6. The molecule has 1 aliphatic heterocycles. The van der Waals surface area contributed by atoms with Gasteiger partial charge in [0.25, 0.3) is 0 Å². The predicted molar refractivity (Wildman–Crippen MR) is 129 cm³/mol. The molecule has 0 unspecified atom stereocenters. The molecule has 2 N–H and O–H groups in total. The van der Waals surface area contributed by atoms with E-state index >= 15 is 0 Å². The molecule has 0 saturated carbocycles. The summed E-state index contributed by atoms with van der Waals surface area (Å²) in [5.74, 6) is 1.48. The SMILES string of the molecule is C=CC(=O)N1CCC[C@@H](n2nc(-c3cnc(Oc4ccccc4)cc3C)c3c(N)ncnc32)C1. The van der Waals surface area contributed by atoms with E-state index in [9.17, 15) is 4.79 Å². The van der Waals surface area contributed by atoms with E-state index in [0.29, 0.717) is 47.3 Å². The number of ether oxygens (including phenoxy) is 1. The van der Waals surface area contributed by atoms with Gasteiger partial charge in [-0.25, -0.2) is 19.6 Å². The zero-order valence-electron chi connectivity index (χ0n) is 18.9. The molecule has 1 saturated heterocycles. The minimum atomic E-state index is -0.0791. The fourth-order valence-electron chi connectivity index (χ4n) is 4.37. The third-order valence-corrected chi connectivity index (χ3v) is 6.05. The van der Waals surface area contributed by atoms with E-state index in [1.54, 1.807) is 11.1 Å². The predicted octanol–water partition coefficient (Wildman–Crippen LogP) is 3.92. The number of aryl methyl sites for hydroxylation is 1. The third kappa shape index (κ3) is 3.96. The molecule has 0 aliphatic carbocycles. The lowest BCUT2D eigenvalue weighted by Gasteiger charge is -2.32. The number of benzene rings is 1. The topological polar surface area (TPSA) is 112 Å². The number of para-hydroxylation sites is 1. The molecule has 4 heterocycles. The number of nitrogens with two attached hydrogens (primary N) is 1. The molecule has 9 nitrogen and oxygen atoms in total. The van der Waals surface area contributed by atoms with E-state index in [1.165, 1.54) is 12.4 Å². The highest BCUT2D eigenvalue weighted by Gasteiger charge is 2.28. The Morgan fingerprint density at radius 3 is 2.82 bits per heavy atom. The summed E-state index contributed by atoms with van der Waals surface area (Å²) < 4.78 is 7.75. The van der Waals surface area contributed by atoms with Crippen LogP contribution in [0.2, 0.25) is 0 Å². The molecule has 0 spiro atoms. The smallest absolute Gasteiger partial charge is 0.246 e. The van der Waals surface area contributed by atoms with Crippen molar-refractivity contribution in [2.45, 2.75) is 25.8 Å². The van der Waals surface area contributed by atoms with Crippen LogP contribution < -0.4 is 10.5 Å². The summed E-state index contributed by atoms with van der Waals surface area (Å²) >= 11 is 0. The number of fused-ring (bicyclic) bond motifs is 1. The van der Waals surface area contributed by atoms with Gasteiger partial charge in [-0.15, -0.1) is 0 Å². The Labute approximate surface area is 196 Å². The number of hydrogen-bond donors (Lipinski definition) is 1. The lowest BCUT2D eigenvalue weighted by Crippen LogP contribution is -2.40. The molecular formula is C25H25N7O2. The molecule has 34 heavy (non-hydrogen) atoms. The fraction of sp³-hybridized carbons (Fsp3) is 0.240. The molecule has 0 bridgehead atoms. The van der Waals surface area contributed by atoms with E-state index in [0.717, 1.165) is 24.0 Å². The number of pyridine rings is 1. The molecule has 4 aromatic rings. The van der Waals surface area contributed by atoms with E-state index in [-0.39, 0.29) is 11.9 Å². The van der Waals surface area contributed by atoms with Gasteiger partial charge in [0.2, 0.25) is 11.8 Å². The van der Waals surface area contributed by atoms with Gasteiger partial charge in [0.15, 0.2) is 5.65 Å². The number of amides is 1. The van der Waals surface area contributed by atoms with Crippen LogP contribution in [0.1, 0.15) is 24.4 Å². The zero-order valence-corrected chi connectivity index (χ0v) is 18.9. The Kier molecular flexibility index (Phi) is 5.67. The number of rotatable bonds is 5. The zero-order chi connectivity index (χ0) is 23.7. The normalized spacial score (nSPS) is 15.9. The maximum absolute atomic E-state index is 12.2. The van der Waals surface area contributed by atoms with Crippen molar-refractivity contribution in [2.24, 2.45) is 0 Å². The first-order valence-corrected chi connectivity index (χ1v) is 11.1. The average Bonchev–Trinajstić information content (AvgIpc) is 3.25. The van der Waals surface area contributed by atoms with Crippen molar-refractivity contribution in [2.75, 3.05) is 18.8 Å². The molecule has 172 valence electrons. The van der Waals surface area contributed by atoms with Crippen molar-refractivity contribution >= 4 is 22.8 Å². The Hall–Kier alpha value is -4.27. The lowest BCUT2D eigenvalue weighted by molar-refractivity contribution is -0.127. The van der Waals surface area contributed by atoms with Crippen LogP contribution in [-0.2, 0) is 4.79 Å². The Morgan fingerprint density at radius 1 is 1.24 bits per heavy atom. The summed E-state index contributed by atoms with van der Waals surface area (Å²) in [4.78, 5) is 27.2. The third-order valence-electron chi connectivity index (χ3n) is 6.05. The first-order chi connectivity index (χ1) is 16.5. The summed E-state index contributed by atoms with van der Waals surface area (Å²) in [6.07, 6.45) is 6.27. The van der Waals surface area contributed by atoms with Crippen LogP contribution in [0, 0.1) is 6.92 Å².